The molecule has 0 unspecified atom stereocenters. The smallest absolute Gasteiger partial charge is 0.129 e. The van der Waals surface area contributed by atoms with Gasteiger partial charge in [0.2, 0.25) is 0 Å². The van der Waals surface area contributed by atoms with E-state index in [4.69, 9.17) is 9.47 Å². The lowest BCUT2D eigenvalue weighted by molar-refractivity contribution is 0.400. The van der Waals surface area contributed by atoms with Crippen molar-refractivity contribution in [2.45, 2.75) is 10.6 Å². The highest BCUT2D eigenvalue weighted by molar-refractivity contribution is 7.98. The van der Waals surface area contributed by atoms with Crippen LogP contribution in [0.25, 0.3) is 0 Å². The number of ether oxygens (including phenoxy) is 2. The Kier molecular flexibility index (Phi) is 4.58. The molecule has 0 aliphatic heterocycles. The van der Waals surface area contributed by atoms with E-state index in [9.17, 15) is 5.11 Å². The standard InChI is InChI=1S/C15H16O3S/c1-17-12-7-8-14(18-2)11(9-12)10-19-15-6-4-3-5-13(15)16/h3-9,16H,10H2,1-2H3. The number of methoxy groups -OCH3 is 2. The lowest BCUT2D eigenvalue weighted by Gasteiger charge is -2.10. The Morgan fingerprint density at radius 3 is 2.53 bits per heavy atom. The summed E-state index contributed by atoms with van der Waals surface area (Å²) < 4.78 is 10.5. The van der Waals surface area contributed by atoms with Crippen LogP contribution in [0, 0.1) is 0 Å². The highest BCUT2D eigenvalue weighted by atomic mass is 32.2. The van der Waals surface area contributed by atoms with Gasteiger partial charge in [-0.15, -0.1) is 11.8 Å². The molecule has 100 valence electrons. The lowest BCUT2D eigenvalue weighted by Crippen LogP contribution is -1.92. The van der Waals surface area contributed by atoms with Gasteiger partial charge in [0.15, 0.2) is 0 Å². The molecule has 0 fully saturated rings. The summed E-state index contributed by atoms with van der Waals surface area (Å²) in [4.78, 5) is 0.854. The van der Waals surface area contributed by atoms with E-state index in [1.807, 2.05) is 36.4 Å². The zero-order valence-corrected chi connectivity index (χ0v) is 11.7. The van der Waals surface area contributed by atoms with E-state index in [1.165, 1.54) is 0 Å². The molecule has 0 atom stereocenters. The molecule has 0 heterocycles. The molecule has 0 aliphatic carbocycles. The van der Waals surface area contributed by atoms with Crippen LogP contribution < -0.4 is 9.47 Å². The predicted molar refractivity (Wildman–Crippen MR) is 77.2 cm³/mol. The number of hydrogen-bond donors (Lipinski definition) is 1. The summed E-state index contributed by atoms with van der Waals surface area (Å²) in [6.07, 6.45) is 0. The van der Waals surface area contributed by atoms with Crippen molar-refractivity contribution in [1.29, 1.82) is 0 Å². The summed E-state index contributed by atoms with van der Waals surface area (Å²) in [6, 6.07) is 13.0. The molecule has 19 heavy (non-hydrogen) atoms. The van der Waals surface area contributed by atoms with Gasteiger partial charge in [0.1, 0.15) is 17.2 Å². The zero-order chi connectivity index (χ0) is 13.7. The minimum absolute atomic E-state index is 0.300. The van der Waals surface area contributed by atoms with Gasteiger partial charge in [0, 0.05) is 16.2 Å². The summed E-state index contributed by atoms with van der Waals surface area (Å²) in [5.41, 5.74) is 1.04. The molecule has 0 spiro atoms. The van der Waals surface area contributed by atoms with E-state index < -0.39 is 0 Å². The minimum atomic E-state index is 0.300. The number of benzene rings is 2. The van der Waals surface area contributed by atoms with Crippen LogP contribution in [0.5, 0.6) is 17.2 Å². The van der Waals surface area contributed by atoms with Crippen LogP contribution >= 0.6 is 11.8 Å². The van der Waals surface area contributed by atoms with Gasteiger partial charge in [0.05, 0.1) is 14.2 Å². The quantitative estimate of drug-likeness (QED) is 0.845. The van der Waals surface area contributed by atoms with Gasteiger partial charge in [-0.1, -0.05) is 12.1 Å². The average Bonchev–Trinajstić information content (AvgIpc) is 2.46. The van der Waals surface area contributed by atoms with Gasteiger partial charge in [-0.05, 0) is 30.3 Å². The summed E-state index contributed by atoms with van der Waals surface area (Å²) in [5, 5.41) is 9.74. The van der Waals surface area contributed by atoms with Gasteiger partial charge >= 0.3 is 0 Å². The van der Waals surface area contributed by atoms with Crippen LogP contribution in [0.15, 0.2) is 47.4 Å². The van der Waals surface area contributed by atoms with Crippen molar-refractivity contribution in [2.24, 2.45) is 0 Å². The first-order valence-electron chi connectivity index (χ1n) is 5.86. The fourth-order valence-corrected chi connectivity index (χ4v) is 2.66. The molecule has 2 rings (SSSR count). The SMILES string of the molecule is COc1ccc(OC)c(CSc2ccccc2O)c1. The Balaban J connectivity index is 2.16. The zero-order valence-electron chi connectivity index (χ0n) is 10.9. The Morgan fingerprint density at radius 1 is 1.05 bits per heavy atom. The van der Waals surface area contributed by atoms with Crippen molar-refractivity contribution in [3.8, 4) is 17.2 Å². The highest BCUT2D eigenvalue weighted by Crippen LogP contribution is 2.34. The van der Waals surface area contributed by atoms with Crippen molar-refractivity contribution >= 4 is 11.8 Å². The van der Waals surface area contributed by atoms with E-state index >= 15 is 0 Å². The van der Waals surface area contributed by atoms with E-state index in [-0.39, 0.29) is 0 Å². The van der Waals surface area contributed by atoms with Gasteiger partial charge in [-0.25, -0.2) is 0 Å². The highest BCUT2D eigenvalue weighted by Gasteiger charge is 2.07. The van der Waals surface area contributed by atoms with E-state index in [1.54, 1.807) is 32.0 Å². The van der Waals surface area contributed by atoms with Gasteiger partial charge in [-0.2, -0.15) is 0 Å². The monoisotopic (exact) mass is 276 g/mol. The number of para-hydroxylation sites is 1. The second-order valence-electron chi connectivity index (χ2n) is 3.93. The van der Waals surface area contributed by atoms with E-state index in [0.717, 1.165) is 22.0 Å². The molecule has 0 aliphatic rings. The van der Waals surface area contributed by atoms with E-state index in [2.05, 4.69) is 0 Å². The van der Waals surface area contributed by atoms with E-state index in [0.29, 0.717) is 11.5 Å². The first-order valence-corrected chi connectivity index (χ1v) is 6.85. The Labute approximate surface area is 117 Å². The topological polar surface area (TPSA) is 38.7 Å². The average molecular weight is 276 g/mol. The molecule has 4 heteroatoms. The molecular weight excluding hydrogens is 260 g/mol. The van der Waals surface area contributed by atoms with Crippen LogP contribution in [0.4, 0.5) is 0 Å². The van der Waals surface area contributed by atoms with Crippen molar-refractivity contribution in [2.75, 3.05) is 14.2 Å². The molecular formula is C15H16O3S. The third-order valence-corrected chi connectivity index (χ3v) is 3.85. The second-order valence-corrected chi connectivity index (χ2v) is 4.95. The molecule has 0 radical (unpaired) electrons. The Hall–Kier alpha value is -1.81. The Bertz CT molecular complexity index is 555. The van der Waals surface area contributed by atoms with Crippen LogP contribution in [0.3, 0.4) is 0 Å². The number of aromatic hydroxyl groups is 1. The summed E-state index contributed by atoms with van der Waals surface area (Å²) in [6.45, 7) is 0. The molecule has 0 saturated carbocycles. The first kappa shape index (κ1) is 13.6. The number of hydrogen-bond acceptors (Lipinski definition) is 4. The fraction of sp³-hybridized carbons (Fsp3) is 0.200. The molecule has 0 amide bonds. The van der Waals surface area contributed by atoms with Gasteiger partial charge in [-0.3, -0.25) is 0 Å². The minimum Gasteiger partial charge on any atom is -0.507 e. The van der Waals surface area contributed by atoms with Gasteiger partial charge in [0.25, 0.3) is 0 Å². The number of phenols is 1. The second kappa shape index (κ2) is 6.38. The van der Waals surface area contributed by atoms with Crippen molar-refractivity contribution in [3.63, 3.8) is 0 Å². The summed E-state index contributed by atoms with van der Waals surface area (Å²) >= 11 is 1.56. The lowest BCUT2D eigenvalue weighted by atomic mass is 10.2. The summed E-state index contributed by atoms with van der Waals surface area (Å²) in [7, 11) is 3.29. The number of rotatable bonds is 5. The fourth-order valence-electron chi connectivity index (χ4n) is 1.73. The number of thioether (sulfide) groups is 1. The number of phenolic OH excluding ortho intramolecular Hbond substituents is 1. The largest absolute Gasteiger partial charge is 0.507 e. The molecule has 0 aromatic heterocycles. The molecule has 2 aromatic carbocycles. The van der Waals surface area contributed by atoms with Crippen molar-refractivity contribution in [1.82, 2.24) is 0 Å². The van der Waals surface area contributed by atoms with Gasteiger partial charge < -0.3 is 14.6 Å². The predicted octanol–water partition coefficient (Wildman–Crippen LogP) is 3.70. The van der Waals surface area contributed by atoms with Crippen LogP contribution in [-0.4, -0.2) is 19.3 Å². The maximum atomic E-state index is 9.74. The first-order chi connectivity index (χ1) is 9.24. The maximum absolute atomic E-state index is 9.74. The van der Waals surface area contributed by atoms with Crippen molar-refractivity contribution in [3.05, 3.63) is 48.0 Å². The summed E-state index contributed by atoms with van der Waals surface area (Å²) in [5.74, 6) is 2.63. The van der Waals surface area contributed by atoms with Crippen LogP contribution in [-0.2, 0) is 5.75 Å². The third-order valence-electron chi connectivity index (χ3n) is 2.74. The molecule has 0 saturated heterocycles. The van der Waals surface area contributed by atoms with Crippen LogP contribution in [0.1, 0.15) is 5.56 Å². The molecule has 0 bridgehead atoms. The Morgan fingerprint density at radius 2 is 1.84 bits per heavy atom. The molecule has 2 aromatic rings. The third kappa shape index (κ3) is 3.35. The maximum Gasteiger partial charge on any atom is 0.129 e. The van der Waals surface area contributed by atoms with Crippen LogP contribution in [0.2, 0.25) is 0 Å². The molecule has 1 N–H and O–H groups in total. The van der Waals surface area contributed by atoms with Crippen molar-refractivity contribution < 1.29 is 14.6 Å². The molecule has 3 nitrogen and oxygen atoms in total. The normalized spacial score (nSPS) is 10.2.